The van der Waals surface area contributed by atoms with Crippen LogP contribution in [0.15, 0.2) is 31.4 Å². The molecule has 1 atom stereocenters. The second-order valence-electron chi connectivity index (χ2n) is 11.3. The number of anilines is 2. The van der Waals surface area contributed by atoms with Gasteiger partial charge in [-0.2, -0.15) is 4.52 Å². The molecule has 3 rings (SSSR count). The van der Waals surface area contributed by atoms with Crippen LogP contribution in [0.4, 0.5) is 11.6 Å². The van der Waals surface area contributed by atoms with Gasteiger partial charge in [-0.15, -0.1) is 18.3 Å². The van der Waals surface area contributed by atoms with E-state index in [9.17, 15) is 4.79 Å². The zero-order valence-electron chi connectivity index (χ0n) is 24.7. The maximum Gasteiger partial charge on any atom is 0.340 e. The van der Waals surface area contributed by atoms with Crippen LogP contribution in [0.5, 0.6) is 0 Å². The summed E-state index contributed by atoms with van der Waals surface area (Å²) in [7, 11) is 0. The SMILES string of the molecule is C=CCCCCNc1cc2nc(C)c([C@H](OC(C)(C)C)C(=O)OCC)c(N3CCC(C)(OCC=C)CC3)n2n1. The number of fused-ring (bicyclic) bond motifs is 1. The highest BCUT2D eigenvalue weighted by atomic mass is 16.6. The van der Waals surface area contributed by atoms with Gasteiger partial charge >= 0.3 is 5.97 Å². The van der Waals surface area contributed by atoms with Gasteiger partial charge < -0.3 is 24.4 Å². The normalized spacial score (nSPS) is 16.2. The number of allylic oxidation sites excluding steroid dienone is 1. The minimum absolute atomic E-state index is 0.239. The van der Waals surface area contributed by atoms with Gasteiger partial charge in [-0.1, -0.05) is 12.2 Å². The zero-order chi connectivity index (χ0) is 28.6. The lowest BCUT2D eigenvalue weighted by Gasteiger charge is -2.41. The van der Waals surface area contributed by atoms with Crippen molar-refractivity contribution in [3.05, 3.63) is 42.6 Å². The van der Waals surface area contributed by atoms with Crippen molar-refractivity contribution in [1.82, 2.24) is 14.6 Å². The summed E-state index contributed by atoms with van der Waals surface area (Å²) in [6.45, 7) is 22.3. The molecule has 216 valence electrons. The van der Waals surface area contributed by atoms with E-state index < -0.39 is 17.7 Å². The van der Waals surface area contributed by atoms with Gasteiger partial charge in [0.2, 0.25) is 0 Å². The minimum atomic E-state index is -0.943. The van der Waals surface area contributed by atoms with Crippen LogP contribution >= 0.6 is 0 Å². The summed E-state index contributed by atoms with van der Waals surface area (Å²) in [4.78, 5) is 20.5. The first-order valence-corrected chi connectivity index (χ1v) is 14.1. The molecule has 9 nitrogen and oxygen atoms in total. The first-order valence-electron chi connectivity index (χ1n) is 14.1. The molecule has 1 aliphatic rings. The van der Waals surface area contributed by atoms with E-state index in [1.54, 1.807) is 13.0 Å². The third-order valence-corrected chi connectivity index (χ3v) is 6.85. The smallest absolute Gasteiger partial charge is 0.340 e. The average Bonchev–Trinajstić information content (AvgIpc) is 3.28. The van der Waals surface area contributed by atoms with Gasteiger partial charge in [-0.05, 0) is 73.6 Å². The van der Waals surface area contributed by atoms with Gasteiger partial charge in [-0.25, -0.2) is 9.78 Å². The van der Waals surface area contributed by atoms with Gasteiger partial charge in [0.15, 0.2) is 17.6 Å². The number of ether oxygens (including phenoxy) is 3. The van der Waals surface area contributed by atoms with Crippen LogP contribution in [-0.4, -0.2) is 64.6 Å². The number of rotatable bonds is 14. The second-order valence-corrected chi connectivity index (χ2v) is 11.3. The lowest BCUT2D eigenvalue weighted by molar-refractivity contribution is -0.166. The molecule has 2 aromatic rings. The number of esters is 1. The fourth-order valence-electron chi connectivity index (χ4n) is 4.83. The summed E-state index contributed by atoms with van der Waals surface area (Å²) in [6.07, 6.45) is 7.51. The molecule has 1 aliphatic heterocycles. The largest absolute Gasteiger partial charge is 0.464 e. The van der Waals surface area contributed by atoms with E-state index in [0.29, 0.717) is 17.9 Å². The summed E-state index contributed by atoms with van der Waals surface area (Å²) in [6, 6.07) is 1.96. The minimum Gasteiger partial charge on any atom is -0.464 e. The summed E-state index contributed by atoms with van der Waals surface area (Å²) >= 11 is 0. The van der Waals surface area contributed by atoms with Crippen LogP contribution in [-0.2, 0) is 19.0 Å². The van der Waals surface area contributed by atoms with Crippen molar-refractivity contribution in [1.29, 1.82) is 0 Å². The third kappa shape index (κ3) is 8.05. The molecule has 0 amide bonds. The highest BCUT2D eigenvalue weighted by Crippen LogP contribution is 2.38. The van der Waals surface area contributed by atoms with Gasteiger partial charge in [0, 0.05) is 31.4 Å². The van der Waals surface area contributed by atoms with Crippen LogP contribution in [0.1, 0.15) is 84.1 Å². The third-order valence-electron chi connectivity index (χ3n) is 6.85. The zero-order valence-corrected chi connectivity index (χ0v) is 24.7. The van der Waals surface area contributed by atoms with E-state index in [1.807, 2.05) is 44.4 Å². The fourth-order valence-corrected chi connectivity index (χ4v) is 4.83. The van der Waals surface area contributed by atoms with Crippen molar-refractivity contribution in [2.24, 2.45) is 0 Å². The molecule has 0 saturated carbocycles. The van der Waals surface area contributed by atoms with E-state index in [1.165, 1.54) is 0 Å². The van der Waals surface area contributed by atoms with Gasteiger partial charge in [0.25, 0.3) is 0 Å². The van der Waals surface area contributed by atoms with Crippen molar-refractivity contribution in [2.45, 2.75) is 91.0 Å². The van der Waals surface area contributed by atoms with E-state index in [-0.39, 0.29) is 12.2 Å². The average molecular weight is 542 g/mol. The van der Waals surface area contributed by atoms with Crippen LogP contribution in [0.2, 0.25) is 0 Å². The monoisotopic (exact) mass is 541 g/mol. The Morgan fingerprint density at radius 2 is 1.95 bits per heavy atom. The fraction of sp³-hybridized carbons (Fsp3) is 0.633. The van der Waals surface area contributed by atoms with Gasteiger partial charge in [0.05, 0.1) is 30.0 Å². The molecule has 0 aromatic carbocycles. The summed E-state index contributed by atoms with van der Waals surface area (Å²) in [5, 5.41) is 8.34. The van der Waals surface area contributed by atoms with Crippen LogP contribution in [0, 0.1) is 6.92 Å². The topological polar surface area (TPSA) is 90.2 Å². The molecule has 9 heteroatoms. The van der Waals surface area contributed by atoms with E-state index in [4.69, 9.17) is 24.3 Å². The Bertz CT molecular complexity index is 1130. The van der Waals surface area contributed by atoms with E-state index >= 15 is 0 Å². The quantitative estimate of drug-likeness (QED) is 0.183. The van der Waals surface area contributed by atoms with Crippen LogP contribution < -0.4 is 10.2 Å². The first-order chi connectivity index (χ1) is 18.5. The maximum atomic E-state index is 13.3. The highest BCUT2D eigenvalue weighted by molar-refractivity contribution is 5.80. The molecule has 39 heavy (non-hydrogen) atoms. The second kappa shape index (κ2) is 13.4. The maximum absolute atomic E-state index is 13.3. The molecule has 0 spiro atoms. The van der Waals surface area contributed by atoms with Crippen LogP contribution in [0.3, 0.4) is 0 Å². The molecule has 1 fully saturated rings. The number of nitrogens with zero attached hydrogens (tertiary/aromatic N) is 4. The van der Waals surface area contributed by atoms with Crippen LogP contribution in [0.25, 0.3) is 5.65 Å². The Labute approximate surface area is 233 Å². The molecule has 1 N–H and O–H groups in total. The number of unbranched alkanes of at least 4 members (excludes halogenated alkanes) is 2. The number of hydrogen-bond donors (Lipinski definition) is 1. The van der Waals surface area contributed by atoms with Crippen molar-refractivity contribution in [3.8, 4) is 0 Å². The number of carbonyl (C=O) groups is 1. The van der Waals surface area contributed by atoms with E-state index in [2.05, 4.69) is 30.3 Å². The summed E-state index contributed by atoms with van der Waals surface area (Å²) in [5.41, 5.74) is 1.30. The number of nitrogens with one attached hydrogen (secondary N) is 1. The van der Waals surface area contributed by atoms with Crippen molar-refractivity contribution < 1.29 is 19.0 Å². The predicted octanol–water partition coefficient (Wildman–Crippen LogP) is 5.79. The first kappa shape index (κ1) is 30.6. The number of carbonyl (C=O) groups excluding carboxylic acids is 1. The number of aromatic nitrogens is 3. The highest BCUT2D eigenvalue weighted by Gasteiger charge is 2.38. The molecule has 3 heterocycles. The van der Waals surface area contributed by atoms with Gasteiger partial charge in [0.1, 0.15) is 5.82 Å². The molecule has 0 radical (unpaired) electrons. The van der Waals surface area contributed by atoms with Crippen molar-refractivity contribution in [3.63, 3.8) is 0 Å². The number of hydrogen-bond acceptors (Lipinski definition) is 8. The molecular formula is C30H47N5O4. The molecule has 2 aromatic heterocycles. The molecule has 0 aliphatic carbocycles. The van der Waals surface area contributed by atoms with Gasteiger partial charge in [-0.3, -0.25) is 0 Å². The summed E-state index contributed by atoms with van der Waals surface area (Å²) in [5.74, 6) is 1.13. The Morgan fingerprint density at radius 1 is 1.23 bits per heavy atom. The Morgan fingerprint density at radius 3 is 2.56 bits per heavy atom. The number of piperidine rings is 1. The molecule has 1 saturated heterocycles. The molecule has 0 bridgehead atoms. The predicted molar refractivity (Wildman–Crippen MR) is 156 cm³/mol. The van der Waals surface area contributed by atoms with Crippen molar-refractivity contribution >= 4 is 23.3 Å². The lowest BCUT2D eigenvalue weighted by Crippen LogP contribution is -2.45. The van der Waals surface area contributed by atoms with Crippen molar-refractivity contribution in [2.75, 3.05) is 43.1 Å². The Kier molecular flexibility index (Phi) is 10.6. The summed E-state index contributed by atoms with van der Waals surface area (Å²) < 4.78 is 19.8. The molecule has 0 unspecified atom stereocenters. The number of aryl methyl sites for hydroxylation is 1. The molecular weight excluding hydrogens is 494 g/mol. The lowest BCUT2D eigenvalue weighted by atomic mass is 9.92. The van der Waals surface area contributed by atoms with E-state index in [0.717, 1.165) is 69.0 Å². The Balaban J connectivity index is 2.07. The Hall–Kier alpha value is -2.91. The standard InChI is InChI=1S/C30H47N5O4/c1-9-12-13-14-17-31-23-21-24-32-22(4)25(26(28(36)37-11-3)39-29(5,6)7)27(35(24)33-23)34-18-15-30(8,16-19-34)38-20-10-2/h9-10,21,26H,1-2,11-20H2,3-8H3,(H,31,33)/t26-/m0/s1.